The van der Waals surface area contributed by atoms with Crippen molar-refractivity contribution >= 4 is 70.3 Å². The summed E-state index contributed by atoms with van der Waals surface area (Å²) in [5.74, 6) is -0.468. The first kappa shape index (κ1) is 27.5. The standard InChI is InChI=1S/C23H18ClIN2O4S.CH4O/c1-2-15-5-3-4-6-20(15)26-22(29)18(23(30)27-25-32)12-16-8-10-21(31-16)17-11-14(13-28)7-9-19(17)24;1-2/h3-13H,2H2,1H3,(H,26,29)(H,27,30,32);2H,1H3/b18-12-;. The molecule has 2 aromatic carbocycles. The number of anilines is 1. The van der Waals surface area contributed by atoms with E-state index in [-0.39, 0.29) is 11.3 Å². The SMILES string of the molecule is CCc1ccccc1NC(=O)/C(=C/c1ccc(-c2cc(C=O)ccc2Cl)o1)C(=O)NI=S.CO. The number of nitrogens with one attached hydrogen (secondary N) is 2. The summed E-state index contributed by atoms with van der Waals surface area (Å²) in [5.41, 5.74) is 2.42. The molecule has 0 saturated heterocycles. The molecule has 0 unspecified atom stereocenters. The molecule has 0 saturated carbocycles. The van der Waals surface area contributed by atoms with Crippen molar-refractivity contribution in [3.05, 3.63) is 82.1 Å². The summed E-state index contributed by atoms with van der Waals surface area (Å²) in [6, 6.07) is 15.4. The molecule has 178 valence electrons. The third-order valence-electron chi connectivity index (χ3n) is 4.57. The van der Waals surface area contributed by atoms with E-state index in [9.17, 15) is 14.4 Å². The van der Waals surface area contributed by atoms with Gasteiger partial charge in [-0.25, -0.2) is 0 Å². The minimum absolute atomic E-state index is 0.130. The van der Waals surface area contributed by atoms with Crippen LogP contribution in [0.3, 0.4) is 0 Å². The third-order valence-corrected chi connectivity index (χ3v) is 6.12. The molecule has 3 aromatic rings. The normalized spacial score (nSPS) is 10.6. The second-order valence-electron chi connectivity index (χ2n) is 6.58. The van der Waals surface area contributed by atoms with Gasteiger partial charge in [0.25, 0.3) is 11.8 Å². The Balaban J connectivity index is 0.00000199. The van der Waals surface area contributed by atoms with Crippen molar-refractivity contribution in [1.82, 2.24) is 3.53 Å². The summed E-state index contributed by atoms with van der Waals surface area (Å²) in [5, 5.41) is 10.2. The molecule has 1 heterocycles. The van der Waals surface area contributed by atoms with Crippen LogP contribution in [0.1, 0.15) is 28.6 Å². The van der Waals surface area contributed by atoms with E-state index < -0.39 is 31.3 Å². The monoisotopic (exact) mass is 612 g/mol. The Morgan fingerprint density at radius 2 is 1.85 bits per heavy atom. The summed E-state index contributed by atoms with van der Waals surface area (Å²) in [4.78, 5) is 36.6. The van der Waals surface area contributed by atoms with E-state index in [0.717, 1.165) is 19.1 Å². The molecular formula is C24H22ClIN2O5S. The summed E-state index contributed by atoms with van der Waals surface area (Å²) < 4.78 is 8.38. The van der Waals surface area contributed by atoms with E-state index in [2.05, 4.69) is 8.85 Å². The smallest absolute Gasteiger partial charge is 0.265 e. The molecule has 0 spiro atoms. The maximum atomic E-state index is 13.0. The highest BCUT2D eigenvalue weighted by Gasteiger charge is 2.20. The van der Waals surface area contributed by atoms with Crippen molar-refractivity contribution in [2.75, 3.05) is 12.4 Å². The van der Waals surface area contributed by atoms with E-state index in [0.29, 0.717) is 33.9 Å². The summed E-state index contributed by atoms with van der Waals surface area (Å²) in [6.45, 7) is 1.98. The highest BCUT2D eigenvalue weighted by atomic mass is 127. The lowest BCUT2D eigenvalue weighted by Crippen LogP contribution is -2.26. The molecule has 34 heavy (non-hydrogen) atoms. The molecule has 0 aliphatic rings. The lowest BCUT2D eigenvalue weighted by Gasteiger charge is -2.11. The highest BCUT2D eigenvalue weighted by Crippen LogP contribution is 2.31. The van der Waals surface area contributed by atoms with Gasteiger partial charge in [0.15, 0.2) is 0 Å². The first-order valence-electron chi connectivity index (χ1n) is 9.93. The third kappa shape index (κ3) is 7.13. The highest BCUT2D eigenvalue weighted by molar-refractivity contribution is 14.2. The number of aryl methyl sites for hydroxylation is 1. The molecule has 0 atom stereocenters. The van der Waals surface area contributed by atoms with Crippen LogP contribution in [0.5, 0.6) is 0 Å². The molecule has 7 nitrogen and oxygen atoms in total. The molecule has 3 N–H and O–H groups in total. The van der Waals surface area contributed by atoms with E-state index in [1.54, 1.807) is 36.4 Å². The van der Waals surface area contributed by atoms with Gasteiger partial charge in [-0.3, -0.25) is 17.9 Å². The Labute approximate surface area is 216 Å². The quantitative estimate of drug-likeness (QED) is 0.0750. The predicted molar refractivity (Wildman–Crippen MR) is 145 cm³/mol. The Morgan fingerprint density at radius 1 is 1.12 bits per heavy atom. The van der Waals surface area contributed by atoms with Crippen LogP contribution in [-0.2, 0) is 16.0 Å². The van der Waals surface area contributed by atoms with Crippen molar-refractivity contribution in [1.29, 1.82) is 0 Å². The summed E-state index contributed by atoms with van der Waals surface area (Å²) in [6.07, 6.45) is 2.79. The predicted octanol–water partition coefficient (Wildman–Crippen LogP) is 5.72. The molecule has 3 rings (SSSR count). The zero-order chi connectivity index (χ0) is 25.1. The van der Waals surface area contributed by atoms with Gasteiger partial charge < -0.3 is 14.8 Å². The van der Waals surface area contributed by atoms with Gasteiger partial charge in [-0.1, -0.05) is 42.8 Å². The number of aliphatic hydroxyl groups excluding tert-OH is 1. The van der Waals surface area contributed by atoms with Crippen molar-refractivity contribution in [3.63, 3.8) is 0 Å². The van der Waals surface area contributed by atoms with E-state index >= 15 is 0 Å². The molecule has 10 heteroatoms. The number of hydrogen-bond donors (Lipinski definition) is 3. The Kier molecular flexibility index (Phi) is 11.2. The van der Waals surface area contributed by atoms with Crippen LogP contribution in [0.25, 0.3) is 17.4 Å². The van der Waals surface area contributed by atoms with Crippen molar-refractivity contribution in [3.8, 4) is 11.3 Å². The number of carbonyl (C=O) groups is 3. The van der Waals surface area contributed by atoms with Crippen LogP contribution in [0, 0.1) is 0 Å². The second kappa shape index (κ2) is 13.9. The number of amides is 2. The fourth-order valence-corrected chi connectivity index (χ4v) is 4.15. The van der Waals surface area contributed by atoms with Gasteiger partial charge in [-0.15, -0.1) is 0 Å². The fourth-order valence-electron chi connectivity index (χ4n) is 2.98. The number of carbonyl (C=O) groups excluding carboxylic acids is 3. The average molecular weight is 613 g/mol. The van der Waals surface area contributed by atoms with Crippen molar-refractivity contribution < 1.29 is 23.9 Å². The van der Waals surface area contributed by atoms with Crippen LogP contribution < -0.4 is 8.85 Å². The van der Waals surface area contributed by atoms with Gasteiger partial charge in [-0.2, -0.15) is 0 Å². The Morgan fingerprint density at radius 3 is 2.53 bits per heavy atom. The first-order valence-corrected chi connectivity index (χ1v) is 14.3. The number of benzene rings is 2. The van der Waals surface area contributed by atoms with Crippen LogP contribution in [0.4, 0.5) is 5.69 Å². The van der Waals surface area contributed by atoms with Crippen molar-refractivity contribution in [2.45, 2.75) is 13.3 Å². The number of hydrogen-bond acceptors (Lipinski definition) is 6. The van der Waals surface area contributed by atoms with Gasteiger partial charge in [-0.05, 0) is 57.7 Å². The maximum Gasteiger partial charge on any atom is 0.265 e. The average Bonchev–Trinajstić information content (AvgIpc) is 3.33. The molecule has 2 amide bonds. The topological polar surface area (TPSA) is 109 Å². The van der Waals surface area contributed by atoms with E-state index in [1.165, 1.54) is 6.08 Å². The lowest BCUT2D eigenvalue weighted by atomic mass is 10.1. The van der Waals surface area contributed by atoms with Crippen LogP contribution in [0.2, 0.25) is 5.02 Å². The molecule has 0 fully saturated rings. The number of aliphatic hydroxyl groups is 1. The zero-order valence-electron chi connectivity index (χ0n) is 18.3. The van der Waals surface area contributed by atoms with Crippen LogP contribution in [0.15, 0.2) is 64.6 Å². The molecular weight excluding hydrogens is 591 g/mol. The number of aldehydes is 1. The maximum absolute atomic E-state index is 13.0. The molecule has 0 bridgehead atoms. The van der Waals surface area contributed by atoms with Crippen LogP contribution >= 0.6 is 40.4 Å². The molecule has 0 aliphatic carbocycles. The number of rotatable bonds is 8. The molecule has 0 radical (unpaired) electrons. The fraction of sp³-hybridized carbons (Fsp3) is 0.125. The lowest BCUT2D eigenvalue weighted by molar-refractivity contribution is -0.119. The van der Waals surface area contributed by atoms with E-state index in [1.807, 2.05) is 25.1 Å². The molecule has 1 aromatic heterocycles. The Bertz CT molecular complexity index is 1230. The van der Waals surface area contributed by atoms with Gasteiger partial charge >= 0.3 is 0 Å². The van der Waals surface area contributed by atoms with Gasteiger partial charge in [0, 0.05) is 23.9 Å². The summed E-state index contributed by atoms with van der Waals surface area (Å²) >= 11 is 5.24. The van der Waals surface area contributed by atoms with Crippen molar-refractivity contribution in [2.24, 2.45) is 0 Å². The number of halogens is 2. The number of para-hydroxylation sites is 1. The van der Waals surface area contributed by atoms with Crippen LogP contribution in [-0.4, -0.2) is 30.3 Å². The summed E-state index contributed by atoms with van der Waals surface area (Å²) in [7, 11) is 5.93. The van der Waals surface area contributed by atoms with Gasteiger partial charge in [0.2, 0.25) is 0 Å². The van der Waals surface area contributed by atoms with Gasteiger partial charge in [0.1, 0.15) is 23.4 Å². The first-order chi connectivity index (χ1) is 16.5. The minimum Gasteiger partial charge on any atom is -0.457 e. The minimum atomic E-state index is -0.998. The van der Waals surface area contributed by atoms with E-state index in [4.69, 9.17) is 30.4 Å². The second-order valence-corrected chi connectivity index (χ2v) is 9.00. The van der Waals surface area contributed by atoms with Gasteiger partial charge in [0.05, 0.1) is 24.6 Å². The Hall–Kier alpha value is -2.73. The molecule has 0 aliphatic heterocycles. The zero-order valence-corrected chi connectivity index (χ0v) is 22.0. The largest absolute Gasteiger partial charge is 0.457 e. The number of furan rings is 1.